The molecule has 1 aromatic rings. The number of nitrogens with zero attached hydrogens (tertiary/aromatic N) is 1. The molecular formula is C16H19NO4. The van der Waals surface area contributed by atoms with E-state index in [1.54, 1.807) is 4.90 Å². The van der Waals surface area contributed by atoms with Crippen LogP contribution in [0.4, 0.5) is 5.69 Å². The molecule has 0 aromatic heterocycles. The van der Waals surface area contributed by atoms with Crippen molar-refractivity contribution in [2.24, 2.45) is 5.41 Å². The van der Waals surface area contributed by atoms with Gasteiger partial charge >= 0.3 is 5.97 Å². The maximum Gasteiger partial charge on any atom is 0.310 e. The molecule has 0 atom stereocenters. The summed E-state index contributed by atoms with van der Waals surface area (Å²) in [4.78, 5) is 25.7. The van der Waals surface area contributed by atoms with Crippen LogP contribution in [0.5, 0.6) is 5.75 Å². The smallest absolute Gasteiger partial charge is 0.310 e. The number of aryl methyl sites for hydroxylation is 1. The van der Waals surface area contributed by atoms with Crippen LogP contribution >= 0.6 is 0 Å². The van der Waals surface area contributed by atoms with Crippen LogP contribution in [0.3, 0.4) is 0 Å². The first-order chi connectivity index (χ1) is 10.0. The van der Waals surface area contributed by atoms with Gasteiger partial charge in [-0.15, -0.1) is 0 Å². The van der Waals surface area contributed by atoms with E-state index in [0.717, 1.165) is 17.7 Å². The molecule has 1 aliphatic carbocycles. The molecule has 0 saturated heterocycles. The number of ether oxygens (including phenoxy) is 1. The molecule has 5 nitrogen and oxygen atoms in total. The number of carboxylic acids is 1. The van der Waals surface area contributed by atoms with Gasteiger partial charge in [-0.25, -0.2) is 0 Å². The highest BCUT2D eigenvalue weighted by Crippen LogP contribution is 2.45. The Balaban J connectivity index is 1.82. The molecule has 1 amide bonds. The van der Waals surface area contributed by atoms with Gasteiger partial charge in [-0.1, -0.05) is 12.5 Å². The summed E-state index contributed by atoms with van der Waals surface area (Å²) >= 11 is 0. The molecule has 21 heavy (non-hydrogen) atoms. The second-order valence-corrected chi connectivity index (χ2v) is 5.98. The van der Waals surface area contributed by atoms with Crippen molar-refractivity contribution in [3.63, 3.8) is 0 Å². The van der Waals surface area contributed by atoms with E-state index in [4.69, 9.17) is 4.74 Å². The van der Waals surface area contributed by atoms with Gasteiger partial charge in [0.1, 0.15) is 12.4 Å². The second-order valence-electron chi connectivity index (χ2n) is 5.98. The SMILES string of the molecule is Cc1ccc2c(c1)OCCN2C(=O)CC1(C(=O)O)CCC1. The maximum atomic E-state index is 12.6. The van der Waals surface area contributed by atoms with E-state index in [9.17, 15) is 14.7 Å². The Morgan fingerprint density at radius 2 is 2.14 bits per heavy atom. The molecule has 1 N–H and O–H groups in total. The molecule has 5 heteroatoms. The molecule has 1 fully saturated rings. The first kappa shape index (κ1) is 13.9. The lowest BCUT2D eigenvalue weighted by Gasteiger charge is -2.39. The van der Waals surface area contributed by atoms with E-state index in [0.29, 0.717) is 31.7 Å². The zero-order valence-corrected chi connectivity index (χ0v) is 12.1. The molecule has 0 bridgehead atoms. The van der Waals surface area contributed by atoms with Crippen LogP contribution in [0, 0.1) is 12.3 Å². The number of carbonyl (C=O) groups excluding carboxylic acids is 1. The van der Waals surface area contributed by atoms with E-state index < -0.39 is 11.4 Å². The van der Waals surface area contributed by atoms with Gasteiger partial charge in [-0.05, 0) is 37.5 Å². The van der Waals surface area contributed by atoms with Crippen molar-refractivity contribution >= 4 is 17.6 Å². The number of fused-ring (bicyclic) bond motifs is 1. The lowest BCUT2D eigenvalue weighted by molar-refractivity contribution is -0.157. The molecule has 0 radical (unpaired) electrons. The number of anilines is 1. The summed E-state index contributed by atoms with van der Waals surface area (Å²) in [6.07, 6.45) is 2.16. The largest absolute Gasteiger partial charge is 0.490 e. The summed E-state index contributed by atoms with van der Waals surface area (Å²) in [6.45, 7) is 2.89. The van der Waals surface area contributed by atoms with Crippen molar-refractivity contribution in [1.82, 2.24) is 0 Å². The van der Waals surface area contributed by atoms with Gasteiger partial charge in [-0.2, -0.15) is 0 Å². The van der Waals surface area contributed by atoms with E-state index >= 15 is 0 Å². The fraction of sp³-hybridized carbons (Fsp3) is 0.500. The van der Waals surface area contributed by atoms with Gasteiger partial charge in [0.25, 0.3) is 0 Å². The van der Waals surface area contributed by atoms with Gasteiger partial charge in [0.15, 0.2) is 0 Å². The fourth-order valence-electron chi connectivity index (χ4n) is 3.04. The average Bonchev–Trinajstić information content (AvgIpc) is 2.41. The Hall–Kier alpha value is -2.04. The van der Waals surface area contributed by atoms with Gasteiger partial charge in [0.05, 0.1) is 17.6 Å². The van der Waals surface area contributed by atoms with E-state index in [1.807, 2.05) is 25.1 Å². The Morgan fingerprint density at radius 1 is 1.38 bits per heavy atom. The number of hydrogen-bond donors (Lipinski definition) is 1. The molecule has 0 spiro atoms. The fourth-order valence-corrected chi connectivity index (χ4v) is 3.04. The van der Waals surface area contributed by atoms with Crippen molar-refractivity contribution < 1.29 is 19.4 Å². The molecular weight excluding hydrogens is 270 g/mol. The average molecular weight is 289 g/mol. The van der Waals surface area contributed by atoms with Crippen molar-refractivity contribution in [2.75, 3.05) is 18.1 Å². The Labute approximate surface area is 123 Å². The molecule has 0 unspecified atom stereocenters. The minimum absolute atomic E-state index is 0.0790. The monoisotopic (exact) mass is 289 g/mol. The van der Waals surface area contributed by atoms with Crippen LogP contribution < -0.4 is 9.64 Å². The molecule has 1 aromatic carbocycles. The molecule has 1 heterocycles. The van der Waals surface area contributed by atoms with Crippen molar-refractivity contribution in [3.8, 4) is 5.75 Å². The molecule has 2 aliphatic rings. The lowest BCUT2D eigenvalue weighted by atomic mass is 9.66. The third-order valence-electron chi connectivity index (χ3n) is 4.53. The van der Waals surface area contributed by atoms with Crippen LogP contribution in [-0.2, 0) is 9.59 Å². The van der Waals surface area contributed by atoms with Crippen molar-refractivity contribution in [3.05, 3.63) is 23.8 Å². The number of rotatable bonds is 3. The van der Waals surface area contributed by atoms with Crippen molar-refractivity contribution in [2.45, 2.75) is 32.6 Å². The lowest BCUT2D eigenvalue weighted by Crippen LogP contribution is -2.45. The topological polar surface area (TPSA) is 66.8 Å². The minimum atomic E-state index is -0.848. The third kappa shape index (κ3) is 2.37. The number of aliphatic carboxylic acids is 1. The highest BCUT2D eigenvalue weighted by Gasteiger charge is 2.47. The summed E-state index contributed by atoms with van der Waals surface area (Å²) in [5.74, 6) is -0.266. The van der Waals surface area contributed by atoms with Gasteiger partial charge < -0.3 is 14.7 Å². The number of benzene rings is 1. The Kier molecular flexibility index (Phi) is 3.35. The Morgan fingerprint density at radius 3 is 2.76 bits per heavy atom. The summed E-state index contributed by atoms with van der Waals surface area (Å²) in [7, 11) is 0. The molecule has 3 rings (SSSR count). The summed E-state index contributed by atoms with van der Waals surface area (Å²) in [5, 5.41) is 9.37. The van der Waals surface area contributed by atoms with E-state index in [-0.39, 0.29) is 12.3 Å². The van der Waals surface area contributed by atoms with Crippen LogP contribution in [-0.4, -0.2) is 30.1 Å². The van der Waals surface area contributed by atoms with Gasteiger partial charge in [-0.3, -0.25) is 9.59 Å². The summed E-state index contributed by atoms with van der Waals surface area (Å²) in [5.41, 5.74) is 0.973. The van der Waals surface area contributed by atoms with Crippen LogP contribution in [0.15, 0.2) is 18.2 Å². The third-order valence-corrected chi connectivity index (χ3v) is 4.53. The molecule has 112 valence electrons. The predicted molar refractivity (Wildman–Crippen MR) is 77.6 cm³/mol. The predicted octanol–water partition coefficient (Wildman–Crippen LogP) is 2.37. The molecule has 1 aliphatic heterocycles. The number of carbonyl (C=O) groups is 2. The molecule has 1 saturated carbocycles. The summed E-state index contributed by atoms with van der Waals surface area (Å²) < 4.78 is 5.59. The van der Waals surface area contributed by atoms with Crippen LogP contribution in [0.1, 0.15) is 31.2 Å². The van der Waals surface area contributed by atoms with E-state index in [2.05, 4.69) is 0 Å². The zero-order valence-electron chi connectivity index (χ0n) is 12.1. The highest BCUT2D eigenvalue weighted by molar-refractivity contribution is 5.98. The van der Waals surface area contributed by atoms with Gasteiger partial charge in [0, 0.05) is 6.42 Å². The quantitative estimate of drug-likeness (QED) is 0.927. The van der Waals surface area contributed by atoms with E-state index in [1.165, 1.54) is 0 Å². The van der Waals surface area contributed by atoms with Gasteiger partial charge in [0.2, 0.25) is 5.91 Å². The number of hydrogen-bond acceptors (Lipinski definition) is 3. The minimum Gasteiger partial charge on any atom is -0.490 e. The number of amides is 1. The zero-order chi connectivity index (χ0) is 15.0. The maximum absolute atomic E-state index is 12.6. The van der Waals surface area contributed by atoms with Crippen molar-refractivity contribution in [1.29, 1.82) is 0 Å². The highest BCUT2D eigenvalue weighted by atomic mass is 16.5. The van der Waals surface area contributed by atoms with Crippen LogP contribution in [0.2, 0.25) is 0 Å². The second kappa shape index (κ2) is 5.06. The first-order valence-electron chi connectivity index (χ1n) is 7.29. The van der Waals surface area contributed by atoms with Crippen LogP contribution in [0.25, 0.3) is 0 Å². The Bertz CT molecular complexity index is 592. The standard InChI is InChI=1S/C16H19NO4/c1-11-3-4-12-13(9-11)21-8-7-17(12)14(18)10-16(15(19)20)5-2-6-16/h3-4,9H,2,5-8,10H2,1H3,(H,19,20). The normalized spacial score (nSPS) is 19.2. The summed E-state index contributed by atoms with van der Waals surface area (Å²) in [6, 6.07) is 5.71. The number of carboxylic acid groups (broad SMARTS) is 1. The first-order valence-corrected chi connectivity index (χ1v) is 7.29.